The molecule has 0 aromatic heterocycles. The first-order valence-corrected chi connectivity index (χ1v) is 7.52. The summed E-state index contributed by atoms with van der Waals surface area (Å²) in [4.78, 5) is 11.7. The summed E-state index contributed by atoms with van der Waals surface area (Å²) < 4.78 is 0.937. The molecule has 0 radical (unpaired) electrons. The standard InChI is InChI=1S/C13H17IN2O/c14-8-9-15-13(17)16-12-7-3-5-10-4-1-2-6-11(10)12/h1-2,4,6,12H,3,5,7-9H2,(H2,15,16,17). The Morgan fingerprint density at radius 1 is 1.41 bits per heavy atom. The van der Waals surface area contributed by atoms with Crippen molar-refractivity contribution in [3.8, 4) is 0 Å². The zero-order valence-electron chi connectivity index (χ0n) is 9.71. The fraction of sp³-hybridized carbons (Fsp3) is 0.462. The van der Waals surface area contributed by atoms with Gasteiger partial charge in [-0.2, -0.15) is 0 Å². The van der Waals surface area contributed by atoms with E-state index in [9.17, 15) is 4.79 Å². The second kappa shape index (κ2) is 6.23. The Hall–Kier alpha value is -0.780. The first-order valence-electron chi connectivity index (χ1n) is 5.99. The van der Waals surface area contributed by atoms with Gasteiger partial charge in [0.05, 0.1) is 6.04 Å². The minimum Gasteiger partial charge on any atom is -0.337 e. The Morgan fingerprint density at radius 3 is 3.06 bits per heavy atom. The number of fused-ring (bicyclic) bond motifs is 1. The first-order chi connectivity index (χ1) is 8.31. The molecule has 0 fully saturated rings. The van der Waals surface area contributed by atoms with Gasteiger partial charge in [-0.15, -0.1) is 0 Å². The monoisotopic (exact) mass is 344 g/mol. The van der Waals surface area contributed by atoms with Gasteiger partial charge in [-0.3, -0.25) is 0 Å². The van der Waals surface area contributed by atoms with Crippen molar-refractivity contribution >= 4 is 28.6 Å². The molecule has 1 aromatic carbocycles. The maximum absolute atomic E-state index is 11.7. The van der Waals surface area contributed by atoms with Crippen LogP contribution in [0.1, 0.15) is 30.0 Å². The van der Waals surface area contributed by atoms with E-state index >= 15 is 0 Å². The lowest BCUT2D eigenvalue weighted by Crippen LogP contribution is -2.39. The van der Waals surface area contributed by atoms with E-state index in [2.05, 4.69) is 51.4 Å². The van der Waals surface area contributed by atoms with Gasteiger partial charge in [0, 0.05) is 11.0 Å². The summed E-state index contributed by atoms with van der Waals surface area (Å²) in [6, 6.07) is 8.51. The number of nitrogens with one attached hydrogen (secondary N) is 2. The van der Waals surface area contributed by atoms with Crippen LogP contribution >= 0.6 is 22.6 Å². The highest BCUT2D eigenvalue weighted by Crippen LogP contribution is 2.29. The normalized spacial score (nSPS) is 18.3. The third kappa shape index (κ3) is 3.34. The number of rotatable bonds is 3. The number of aryl methyl sites for hydroxylation is 1. The van der Waals surface area contributed by atoms with E-state index in [1.54, 1.807) is 0 Å². The van der Waals surface area contributed by atoms with Gasteiger partial charge in [0.25, 0.3) is 0 Å². The molecular weight excluding hydrogens is 327 g/mol. The number of carbonyl (C=O) groups is 1. The van der Waals surface area contributed by atoms with Crippen molar-refractivity contribution in [2.45, 2.75) is 25.3 Å². The van der Waals surface area contributed by atoms with Crippen LogP contribution in [-0.2, 0) is 6.42 Å². The molecule has 2 N–H and O–H groups in total. The van der Waals surface area contributed by atoms with Crippen LogP contribution in [0.15, 0.2) is 24.3 Å². The third-order valence-electron chi connectivity index (χ3n) is 3.05. The van der Waals surface area contributed by atoms with E-state index in [0.717, 1.165) is 30.2 Å². The molecule has 1 aliphatic carbocycles. The lowest BCUT2D eigenvalue weighted by atomic mass is 9.88. The highest BCUT2D eigenvalue weighted by Gasteiger charge is 2.20. The van der Waals surface area contributed by atoms with Gasteiger partial charge in [-0.25, -0.2) is 4.79 Å². The van der Waals surface area contributed by atoms with E-state index in [1.165, 1.54) is 11.1 Å². The van der Waals surface area contributed by atoms with Crippen LogP contribution in [0.3, 0.4) is 0 Å². The van der Waals surface area contributed by atoms with Crippen molar-refractivity contribution in [3.05, 3.63) is 35.4 Å². The summed E-state index contributed by atoms with van der Waals surface area (Å²) in [5, 5.41) is 5.91. The molecule has 3 nitrogen and oxygen atoms in total. The Kier molecular flexibility index (Phi) is 4.65. The average Bonchev–Trinajstić information content (AvgIpc) is 2.37. The van der Waals surface area contributed by atoms with Crippen molar-refractivity contribution in [2.75, 3.05) is 11.0 Å². The molecule has 1 atom stereocenters. The molecule has 0 bridgehead atoms. The second-order valence-corrected chi connectivity index (χ2v) is 5.31. The molecule has 0 saturated heterocycles. The minimum atomic E-state index is -0.0524. The van der Waals surface area contributed by atoms with Crippen molar-refractivity contribution in [2.24, 2.45) is 0 Å². The SMILES string of the molecule is O=C(NCCI)NC1CCCc2ccccc21. The van der Waals surface area contributed by atoms with Gasteiger partial charge in [0.1, 0.15) is 0 Å². The van der Waals surface area contributed by atoms with Gasteiger partial charge in [0.2, 0.25) is 0 Å². The summed E-state index contributed by atoms with van der Waals surface area (Å²) in [5.74, 6) is 0. The molecule has 1 unspecified atom stereocenters. The van der Waals surface area contributed by atoms with E-state index in [-0.39, 0.29) is 12.1 Å². The fourth-order valence-electron chi connectivity index (χ4n) is 2.27. The molecule has 17 heavy (non-hydrogen) atoms. The van der Waals surface area contributed by atoms with E-state index < -0.39 is 0 Å². The van der Waals surface area contributed by atoms with Crippen LogP contribution in [-0.4, -0.2) is 17.0 Å². The molecule has 2 amide bonds. The predicted molar refractivity (Wildman–Crippen MR) is 77.5 cm³/mol. The van der Waals surface area contributed by atoms with Crippen LogP contribution in [0, 0.1) is 0 Å². The minimum absolute atomic E-state index is 0.0524. The largest absolute Gasteiger partial charge is 0.337 e. The zero-order chi connectivity index (χ0) is 12.1. The topological polar surface area (TPSA) is 41.1 Å². The molecular formula is C13H17IN2O. The second-order valence-electron chi connectivity index (χ2n) is 4.23. The smallest absolute Gasteiger partial charge is 0.315 e. The summed E-state index contributed by atoms with van der Waals surface area (Å²) >= 11 is 2.25. The number of carbonyl (C=O) groups excluding carboxylic acids is 1. The highest BCUT2D eigenvalue weighted by atomic mass is 127. The first kappa shape index (κ1) is 12.7. The average molecular weight is 344 g/mol. The number of hydrogen-bond donors (Lipinski definition) is 2. The maximum Gasteiger partial charge on any atom is 0.315 e. The van der Waals surface area contributed by atoms with E-state index in [4.69, 9.17) is 0 Å². The van der Waals surface area contributed by atoms with E-state index in [0.29, 0.717) is 0 Å². The predicted octanol–water partition coefficient (Wildman–Crippen LogP) is 2.80. The molecule has 2 rings (SSSR count). The van der Waals surface area contributed by atoms with Gasteiger partial charge < -0.3 is 10.6 Å². The highest BCUT2D eigenvalue weighted by molar-refractivity contribution is 14.1. The Labute approximate surface area is 116 Å². The number of halogens is 1. The molecule has 1 aliphatic rings. The van der Waals surface area contributed by atoms with Crippen LogP contribution in [0.2, 0.25) is 0 Å². The van der Waals surface area contributed by atoms with Crippen LogP contribution in [0.5, 0.6) is 0 Å². The maximum atomic E-state index is 11.7. The van der Waals surface area contributed by atoms with Gasteiger partial charge in [-0.1, -0.05) is 46.9 Å². The van der Waals surface area contributed by atoms with Crippen molar-refractivity contribution in [3.63, 3.8) is 0 Å². The molecule has 0 aliphatic heterocycles. The number of hydrogen-bond acceptors (Lipinski definition) is 1. The fourth-order valence-corrected chi connectivity index (χ4v) is 2.54. The Bertz CT molecular complexity index is 395. The number of alkyl halides is 1. The summed E-state index contributed by atoms with van der Waals surface area (Å²) in [7, 11) is 0. The number of amides is 2. The van der Waals surface area contributed by atoms with Crippen LogP contribution < -0.4 is 10.6 Å². The quantitative estimate of drug-likeness (QED) is 0.643. The lowest BCUT2D eigenvalue weighted by Gasteiger charge is -2.26. The van der Waals surface area contributed by atoms with Crippen LogP contribution in [0.25, 0.3) is 0 Å². The number of urea groups is 1. The van der Waals surface area contributed by atoms with Crippen molar-refractivity contribution < 1.29 is 4.79 Å². The number of benzene rings is 1. The van der Waals surface area contributed by atoms with Crippen LogP contribution in [0.4, 0.5) is 4.79 Å². The van der Waals surface area contributed by atoms with Gasteiger partial charge in [0.15, 0.2) is 0 Å². The summed E-state index contributed by atoms with van der Waals surface area (Å²) in [6.07, 6.45) is 3.31. The molecule has 4 heteroatoms. The van der Waals surface area contributed by atoms with E-state index in [1.807, 2.05) is 6.07 Å². The zero-order valence-corrected chi connectivity index (χ0v) is 11.9. The molecule has 0 saturated carbocycles. The van der Waals surface area contributed by atoms with Crippen molar-refractivity contribution in [1.29, 1.82) is 0 Å². The molecule has 0 spiro atoms. The lowest BCUT2D eigenvalue weighted by molar-refractivity contribution is 0.236. The Morgan fingerprint density at radius 2 is 2.24 bits per heavy atom. The van der Waals surface area contributed by atoms with Gasteiger partial charge in [-0.05, 0) is 30.4 Å². The summed E-state index contributed by atoms with van der Waals surface area (Å²) in [6.45, 7) is 0.723. The third-order valence-corrected chi connectivity index (χ3v) is 3.59. The molecule has 0 heterocycles. The summed E-state index contributed by atoms with van der Waals surface area (Å²) in [5.41, 5.74) is 2.65. The molecule has 92 valence electrons. The van der Waals surface area contributed by atoms with Crippen molar-refractivity contribution in [1.82, 2.24) is 10.6 Å². The van der Waals surface area contributed by atoms with Gasteiger partial charge >= 0.3 is 6.03 Å². The molecule has 1 aromatic rings. The Balaban J connectivity index is 2.01.